The summed E-state index contributed by atoms with van der Waals surface area (Å²) in [6, 6.07) is 0. The van der Waals surface area contributed by atoms with Crippen LogP contribution < -0.4 is 0 Å². The number of rotatable bonds is 8. The Morgan fingerprint density at radius 3 is 2.43 bits per heavy atom. The van der Waals surface area contributed by atoms with Crippen LogP contribution in [0.3, 0.4) is 0 Å². The lowest BCUT2D eigenvalue weighted by Crippen LogP contribution is -2.39. The number of aliphatic carboxylic acids is 1. The van der Waals surface area contributed by atoms with Crippen LogP contribution in [0.4, 0.5) is 0 Å². The number of unbranched alkanes of at least 4 members (excludes halogenated alkanes) is 2. The summed E-state index contributed by atoms with van der Waals surface area (Å²) in [7, 11) is 0.577. The molecule has 0 fully saturated rings. The van der Waals surface area contributed by atoms with Crippen LogP contribution in [0.2, 0.25) is 0 Å². The van der Waals surface area contributed by atoms with Gasteiger partial charge in [-0.15, -0.1) is 11.8 Å². The molecule has 0 heterocycles. The molecule has 2 unspecified atom stereocenters. The molecule has 0 aliphatic heterocycles. The zero-order valence-electron chi connectivity index (χ0n) is 15.2. The highest BCUT2D eigenvalue weighted by molar-refractivity contribution is 8.04. The van der Waals surface area contributed by atoms with Crippen molar-refractivity contribution in [3.05, 3.63) is 10.7 Å². The van der Waals surface area contributed by atoms with Crippen LogP contribution in [-0.2, 0) is 14.0 Å². The molecule has 0 aromatic rings. The van der Waals surface area contributed by atoms with Crippen molar-refractivity contribution >= 4 is 34.0 Å². The van der Waals surface area contributed by atoms with Gasteiger partial charge in [0.1, 0.15) is 5.76 Å². The van der Waals surface area contributed by atoms with Gasteiger partial charge >= 0.3 is 5.97 Å². The summed E-state index contributed by atoms with van der Waals surface area (Å²) < 4.78 is 5.82. The van der Waals surface area contributed by atoms with Crippen molar-refractivity contribution in [3.63, 3.8) is 0 Å². The van der Waals surface area contributed by atoms with Crippen molar-refractivity contribution in [2.75, 3.05) is 5.75 Å². The van der Waals surface area contributed by atoms with Gasteiger partial charge in [-0.3, -0.25) is 9.59 Å². The average molecular weight is 359 g/mol. The minimum absolute atomic E-state index is 0.0500. The maximum atomic E-state index is 12.7. The van der Waals surface area contributed by atoms with E-state index < -0.39 is 5.97 Å². The van der Waals surface area contributed by atoms with E-state index in [2.05, 4.69) is 27.7 Å². The van der Waals surface area contributed by atoms with Gasteiger partial charge in [0, 0.05) is 17.8 Å². The number of carboxylic acid groups (broad SMARTS) is 1. The Morgan fingerprint density at radius 2 is 1.96 bits per heavy atom. The highest BCUT2D eigenvalue weighted by atomic mass is 32.2. The molecular formula is C17H30O4SSi. The van der Waals surface area contributed by atoms with Gasteiger partial charge in [0.25, 0.3) is 0 Å². The van der Waals surface area contributed by atoms with Crippen molar-refractivity contribution in [2.24, 2.45) is 16.7 Å². The van der Waals surface area contributed by atoms with E-state index in [0.717, 1.165) is 29.3 Å². The lowest BCUT2D eigenvalue weighted by molar-refractivity contribution is -0.137. The molecule has 0 radical (unpaired) electrons. The van der Waals surface area contributed by atoms with Crippen LogP contribution in [0.5, 0.6) is 0 Å². The van der Waals surface area contributed by atoms with Crippen molar-refractivity contribution in [2.45, 2.75) is 60.3 Å². The number of carbonyl (C=O) groups is 2. The number of carboxylic acids is 1. The maximum absolute atomic E-state index is 12.7. The molecule has 0 saturated heterocycles. The molecule has 23 heavy (non-hydrogen) atoms. The third-order valence-corrected chi connectivity index (χ3v) is 6.78. The number of Topliss-reactive ketones (excluding diaryl/α,β-unsaturated/α-hetero) is 1. The third kappa shape index (κ3) is 4.21. The zero-order chi connectivity index (χ0) is 17.8. The predicted molar refractivity (Wildman–Crippen MR) is 98.3 cm³/mol. The standard InChI is InChI=1S/C17H30O4SSi/c1-11-13(20)14(22-10-8-6-7-9-12(18)19)15(21-23)17(11,5)16(2,3)4/h11H,6-10H2,1-5,23H3,(H,18,19). The van der Waals surface area contributed by atoms with E-state index in [1.165, 1.54) is 0 Å². The van der Waals surface area contributed by atoms with Crippen LogP contribution in [0.15, 0.2) is 10.7 Å². The molecule has 132 valence electrons. The van der Waals surface area contributed by atoms with Gasteiger partial charge in [0.2, 0.25) is 10.5 Å². The first-order valence-electron chi connectivity index (χ1n) is 8.25. The summed E-state index contributed by atoms with van der Waals surface area (Å²) in [4.78, 5) is 24.0. The highest BCUT2D eigenvalue weighted by Gasteiger charge is 2.55. The molecule has 0 amide bonds. The second-order valence-electron chi connectivity index (χ2n) is 7.45. The quantitative estimate of drug-likeness (QED) is 0.533. The summed E-state index contributed by atoms with van der Waals surface area (Å²) in [5.74, 6) is 1.10. The van der Waals surface area contributed by atoms with Crippen LogP contribution in [0, 0.1) is 16.7 Å². The topological polar surface area (TPSA) is 63.6 Å². The minimum atomic E-state index is -0.743. The summed E-state index contributed by atoms with van der Waals surface area (Å²) in [6.45, 7) is 10.6. The average Bonchev–Trinajstić information content (AvgIpc) is 2.63. The van der Waals surface area contributed by atoms with E-state index in [-0.39, 0.29) is 29.0 Å². The molecule has 0 aromatic heterocycles. The maximum Gasteiger partial charge on any atom is 0.303 e. The van der Waals surface area contributed by atoms with E-state index in [0.29, 0.717) is 16.9 Å². The van der Waals surface area contributed by atoms with E-state index in [1.807, 2.05) is 6.92 Å². The lowest BCUT2D eigenvalue weighted by atomic mass is 9.62. The van der Waals surface area contributed by atoms with E-state index >= 15 is 0 Å². The van der Waals surface area contributed by atoms with Gasteiger partial charge < -0.3 is 9.53 Å². The minimum Gasteiger partial charge on any atom is -0.555 e. The summed E-state index contributed by atoms with van der Waals surface area (Å²) in [5.41, 5.74) is -0.316. The zero-order valence-corrected chi connectivity index (χ0v) is 18.0. The monoisotopic (exact) mass is 358 g/mol. The van der Waals surface area contributed by atoms with Crippen LogP contribution in [-0.4, -0.2) is 33.1 Å². The molecule has 6 heteroatoms. The van der Waals surface area contributed by atoms with Crippen molar-refractivity contribution < 1.29 is 19.1 Å². The Bertz CT molecular complexity index is 495. The third-order valence-electron chi connectivity index (χ3n) is 5.20. The number of hydrogen-bond acceptors (Lipinski definition) is 4. The van der Waals surface area contributed by atoms with Crippen molar-refractivity contribution in [1.82, 2.24) is 0 Å². The largest absolute Gasteiger partial charge is 0.555 e. The molecule has 0 bridgehead atoms. The second kappa shape index (κ2) is 7.88. The number of allylic oxidation sites excluding steroid dienone is 2. The molecular weight excluding hydrogens is 328 g/mol. The molecule has 2 atom stereocenters. The molecule has 0 spiro atoms. The van der Waals surface area contributed by atoms with Gasteiger partial charge in [0.15, 0.2) is 5.78 Å². The van der Waals surface area contributed by atoms with Crippen molar-refractivity contribution in [1.29, 1.82) is 0 Å². The fourth-order valence-corrected chi connectivity index (χ4v) is 5.24. The second-order valence-corrected chi connectivity index (χ2v) is 8.97. The first-order chi connectivity index (χ1) is 10.6. The van der Waals surface area contributed by atoms with Crippen LogP contribution in [0.25, 0.3) is 0 Å². The molecule has 1 rings (SSSR count). The first kappa shape index (κ1) is 20.3. The SMILES string of the molecule is CC1C(=O)C(SCCCCCC(=O)O)=C(O[SiH3])C1(C)C(C)(C)C. The first-order valence-corrected chi connectivity index (χ1v) is 10.0. The van der Waals surface area contributed by atoms with E-state index in [9.17, 15) is 9.59 Å². The van der Waals surface area contributed by atoms with E-state index in [4.69, 9.17) is 9.53 Å². The Morgan fingerprint density at radius 1 is 1.35 bits per heavy atom. The fraction of sp³-hybridized carbons (Fsp3) is 0.765. The molecule has 0 aromatic carbocycles. The van der Waals surface area contributed by atoms with Gasteiger partial charge in [-0.05, 0) is 24.0 Å². The molecule has 1 aliphatic carbocycles. The normalized spacial score (nSPS) is 25.3. The van der Waals surface area contributed by atoms with Gasteiger partial charge in [-0.25, -0.2) is 0 Å². The number of thioether (sulfide) groups is 1. The molecule has 1 aliphatic rings. The Labute approximate surface area is 147 Å². The Balaban J connectivity index is 2.77. The fourth-order valence-electron chi connectivity index (χ4n) is 3.16. The molecule has 4 nitrogen and oxygen atoms in total. The van der Waals surface area contributed by atoms with Gasteiger partial charge in [-0.2, -0.15) is 0 Å². The predicted octanol–water partition coefficient (Wildman–Crippen LogP) is 3.14. The Kier molecular flexibility index (Phi) is 6.95. The number of hydrogen-bond donors (Lipinski definition) is 1. The van der Waals surface area contributed by atoms with E-state index in [1.54, 1.807) is 11.8 Å². The molecule has 0 saturated carbocycles. The lowest BCUT2D eigenvalue weighted by Gasteiger charge is -2.43. The Hall–Kier alpha value is -0.753. The van der Waals surface area contributed by atoms with Crippen molar-refractivity contribution in [3.8, 4) is 0 Å². The highest BCUT2D eigenvalue weighted by Crippen LogP contribution is 2.57. The summed E-state index contributed by atoms with van der Waals surface area (Å²) in [5, 5.41) is 8.64. The van der Waals surface area contributed by atoms with Crippen LogP contribution in [0.1, 0.15) is 60.3 Å². The summed E-state index contributed by atoms with van der Waals surface area (Å²) >= 11 is 1.59. The van der Waals surface area contributed by atoms with Gasteiger partial charge in [0.05, 0.1) is 4.91 Å². The van der Waals surface area contributed by atoms with Crippen LogP contribution >= 0.6 is 11.8 Å². The number of carbonyl (C=O) groups excluding carboxylic acids is 1. The number of ketones is 1. The summed E-state index contributed by atoms with van der Waals surface area (Å²) in [6.07, 6.45) is 2.72. The smallest absolute Gasteiger partial charge is 0.303 e. The molecule has 1 N–H and O–H groups in total. The van der Waals surface area contributed by atoms with Gasteiger partial charge in [-0.1, -0.05) is 41.0 Å².